The molecular formula is C14H24B3BrN6O. The second-order valence-corrected chi connectivity index (χ2v) is 8.71. The largest absolute Gasteiger partial charge is 0.473 e. The van der Waals surface area contributed by atoms with Crippen molar-refractivity contribution in [2.45, 2.75) is 43.6 Å². The maximum absolute atomic E-state index is 8.17. The lowest BCUT2D eigenvalue weighted by atomic mass is 9.49. The van der Waals surface area contributed by atoms with Crippen LogP contribution in [0.1, 0.15) is 26.7 Å². The second kappa shape index (κ2) is 7.41. The summed E-state index contributed by atoms with van der Waals surface area (Å²) < 4.78 is 6.49. The maximum Gasteiger partial charge on any atom is 0.233 e. The van der Waals surface area contributed by atoms with Gasteiger partial charge in [-0.2, -0.15) is 4.98 Å². The van der Waals surface area contributed by atoms with E-state index in [0.29, 0.717) is 23.4 Å². The van der Waals surface area contributed by atoms with Crippen molar-refractivity contribution in [1.82, 2.24) is 15.3 Å². The Balaban J connectivity index is 2.23. The van der Waals surface area contributed by atoms with E-state index in [-0.39, 0.29) is 11.3 Å². The molecule has 2 rings (SSSR count). The number of halogens is 1. The molecule has 0 atom stereocenters. The van der Waals surface area contributed by atoms with Gasteiger partial charge in [0.15, 0.2) is 0 Å². The smallest absolute Gasteiger partial charge is 0.233 e. The van der Waals surface area contributed by atoms with E-state index in [4.69, 9.17) is 15.9 Å². The molecule has 1 fully saturated rings. The molecule has 0 aliphatic heterocycles. The van der Waals surface area contributed by atoms with E-state index in [1.165, 1.54) is 0 Å². The highest BCUT2D eigenvalue weighted by Crippen LogP contribution is 2.30. The number of anilines is 1. The molecule has 11 heteroatoms. The fourth-order valence-corrected chi connectivity index (χ4v) is 2.08. The van der Waals surface area contributed by atoms with Crippen molar-refractivity contribution in [2.24, 2.45) is 5.73 Å². The third-order valence-electron chi connectivity index (χ3n) is 3.25. The molecule has 0 radical (unpaired) electrons. The number of ether oxygens (including phenoxy) is 1. The van der Waals surface area contributed by atoms with Crippen LogP contribution >= 0.6 is 15.9 Å². The van der Waals surface area contributed by atoms with E-state index in [2.05, 4.69) is 36.5 Å². The fraction of sp³-hybridized carbons (Fsp3) is 0.500. The predicted molar refractivity (Wildman–Crippen MR) is 113 cm³/mol. The molecule has 0 unspecified atom stereocenters. The van der Waals surface area contributed by atoms with Crippen LogP contribution in [0.2, 0.25) is 0 Å². The lowest BCUT2D eigenvalue weighted by Gasteiger charge is -2.26. The highest BCUT2D eigenvalue weighted by molar-refractivity contribution is 9.10. The molecular weight excluding hydrogens is 381 g/mol. The summed E-state index contributed by atoms with van der Waals surface area (Å²) in [6, 6.07) is 0. The first kappa shape index (κ1) is 19.8. The summed E-state index contributed by atoms with van der Waals surface area (Å²) in [5.41, 5.74) is 5.56. The molecule has 1 aliphatic carbocycles. The lowest BCUT2D eigenvalue weighted by Crippen LogP contribution is -2.49. The van der Waals surface area contributed by atoms with Gasteiger partial charge in [-0.3, -0.25) is 0 Å². The van der Waals surface area contributed by atoms with Gasteiger partial charge in [-0.05, 0) is 47.9 Å². The minimum atomic E-state index is -0.743. The summed E-state index contributed by atoms with van der Waals surface area (Å²) in [5.74, 6) is 1.52. The van der Waals surface area contributed by atoms with Gasteiger partial charge in [-0.1, -0.05) is 0 Å². The molecule has 1 aromatic heterocycles. The van der Waals surface area contributed by atoms with E-state index in [1.54, 1.807) is 26.1 Å². The Bertz CT molecular complexity index is 682. The first-order chi connectivity index (χ1) is 11.4. The summed E-state index contributed by atoms with van der Waals surface area (Å²) in [6.07, 6.45) is 5.67. The molecule has 1 heterocycles. The molecule has 0 aromatic carbocycles. The van der Waals surface area contributed by atoms with Crippen molar-refractivity contribution in [3.05, 3.63) is 22.6 Å². The van der Waals surface area contributed by atoms with Crippen LogP contribution in [0, 0.1) is 5.41 Å². The van der Waals surface area contributed by atoms with Crippen LogP contribution in [0.25, 0.3) is 0 Å². The van der Waals surface area contributed by atoms with Crippen LogP contribution in [-0.2, 0) is 0 Å². The zero-order valence-corrected chi connectivity index (χ0v) is 17.0. The van der Waals surface area contributed by atoms with E-state index in [9.17, 15) is 0 Å². The Kier molecular flexibility index (Phi) is 5.88. The fourth-order valence-electron chi connectivity index (χ4n) is 1.80. The predicted octanol–water partition coefficient (Wildman–Crippen LogP) is -1.11. The molecule has 0 bridgehead atoms. The zero-order valence-electron chi connectivity index (χ0n) is 15.4. The minimum Gasteiger partial charge on any atom is -0.473 e. The number of nitrogens with two attached hydrogens (primary N) is 1. The molecule has 7 nitrogen and oxygen atoms in total. The average molecular weight is 405 g/mol. The van der Waals surface area contributed by atoms with Crippen LogP contribution < -0.4 is 21.1 Å². The van der Waals surface area contributed by atoms with Crippen LogP contribution in [-0.4, -0.2) is 56.1 Å². The third-order valence-corrected chi connectivity index (χ3v) is 3.80. The van der Waals surface area contributed by atoms with E-state index < -0.39 is 5.54 Å². The molecule has 1 saturated carbocycles. The topological polar surface area (TPSA) is 109 Å². The average Bonchev–Trinajstić information content (AvgIpc) is 3.23. The van der Waals surface area contributed by atoms with Crippen molar-refractivity contribution in [3.8, 4) is 5.88 Å². The number of aromatic nitrogens is 2. The standard InChI is InChI=1S/C14H24B3BrN6O/c1-13(2,20)9(19)5-10(24-14(15,16)17)22-12-21-6-8(18)11(23-12)25-7-3-4-7/h5-7,19,24H,3-4,15-17,20H2,1-2H3,(H,21,22,23)/b10-5-,19-9?. The normalized spacial score (nSPS) is 15.6. The Hall–Kier alpha value is -1.48. The molecule has 5 N–H and O–H groups in total. The van der Waals surface area contributed by atoms with Crippen LogP contribution in [0.5, 0.6) is 5.88 Å². The van der Waals surface area contributed by atoms with Crippen molar-refractivity contribution in [2.75, 3.05) is 5.32 Å². The number of nitrogens with zero attached hydrogens (tertiary/aromatic N) is 2. The second-order valence-electron chi connectivity index (χ2n) is 7.86. The van der Waals surface area contributed by atoms with E-state index in [0.717, 1.165) is 17.3 Å². The van der Waals surface area contributed by atoms with Gasteiger partial charge in [-0.25, -0.2) is 4.98 Å². The van der Waals surface area contributed by atoms with Gasteiger partial charge in [0.05, 0.1) is 21.9 Å². The Morgan fingerprint density at radius 1 is 1.44 bits per heavy atom. The molecule has 0 spiro atoms. The number of hydrogen-bond acceptors (Lipinski definition) is 7. The van der Waals surface area contributed by atoms with Crippen molar-refractivity contribution in [3.63, 3.8) is 0 Å². The Morgan fingerprint density at radius 2 is 2.08 bits per heavy atom. The maximum atomic E-state index is 8.17. The van der Waals surface area contributed by atoms with Gasteiger partial charge in [-0.15, -0.1) is 0 Å². The summed E-state index contributed by atoms with van der Waals surface area (Å²) >= 11 is 3.41. The van der Waals surface area contributed by atoms with Crippen molar-refractivity contribution < 1.29 is 4.74 Å². The molecule has 25 heavy (non-hydrogen) atoms. The van der Waals surface area contributed by atoms with Crippen LogP contribution in [0.4, 0.5) is 5.95 Å². The molecule has 1 aromatic rings. The summed E-state index contributed by atoms with van der Waals surface area (Å²) in [6.45, 7) is 3.58. The third kappa shape index (κ3) is 6.74. The number of rotatable bonds is 8. The first-order valence-electron chi connectivity index (χ1n) is 8.28. The van der Waals surface area contributed by atoms with Gasteiger partial charge >= 0.3 is 0 Å². The van der Waals surface area contributed by atoms with E-state index >= 15 is 0 Å². The molecule has 0 saturated heterocycles. The van der Waals surface area contributed by atoms with Gasteiger partial charge < -0.3 is 26.5 Å². The monoisotopic (exact) mass is 404 g/mol. The summed E-state index contributed by atoms with van der Waals surface area (Å²) in [5, 5.41) is 14.4. The number of hydrogen-bond donors (Lipinski definition) is 4. The molecule has 1 aliphatic rings. The van der Waals surface area contributed by atoms with E-state index in [1.807, 2.05) is 23.5 Å². The number of nitrogens with one attached hydrogen (secondary N) is 3. The minimum absolute atomic E-state index is 0.208. The van der Waals surface area contributed by atoms with Gasteiger partial charge in [0.25, 0.3) is 0 Å². The zero-order chi connectivity index (χ0) is 18.8. The highest BCUT2D eigenvalue weighted by Gasteiger charge is 2.25. The molecule has 0 amide bonds. The first-order valence-corrected chi connectivity index (χ1v) is 9.07. The Morgan fingerprint density at radius 3 is 2.60 bits per heavy atom. The van der Waals surface area contributed by atoms with Gasteiger partial charge in [0.1, 0.15) is 35.5 Å². The molecule has 132 valence electrons. The van der Waals surface area contributed by atoms with Gasteiger partial charge in [0.2, 0.25) is 11.8 Å². The summed E-state index contributed by atoms with van der Waals surface area (Å²) in [7, 11) is 6.09. The van der Waals surface area contributed by atoms with Crippen LogP contribution in [0.15, 0.2) is 22.6 Å². The Labute approximate surface area is 159 Å². The summed E-state index contributed by atoms with van der Waals surface area (Å²) in [4.78, 5) is 8.69. The van der Waals surface area contributed by atoms with Crippen molar-refractivity contribution >= 4 is 51.1 Å². The lowest BCUT2D eigenvalue weighted by molar-refractivity contribution is 0.289. The van der Waals surface area contributed by atoms with Crippen LogP contribution in [0.3, 0.4) is 0 Å². The van der Waals surface area contributed by atoms with Gasteiger partial charge in [0, 0.05) is 6.08 Å². The van der Waals surface area contributed by atoms with Crippen molar-refractivity contribution in [1.29, 1.82) is 5.41 Å². The highest BCUT2D eigenvalue weighted by atomic mass is 79.9. The SMILES string of the molecule is BC(B)(B)N/C(=C\C(=N)C(C)(C)N)Nc1ncc(Br)c(OC2CC2)n1. The quantitative estimate of drug-likeness (QED) is 0.323.